The van der Waals surface area contributed by atoms with Gasteiger partial charge in [0.05, 0.1) is 26.4 Å². The normalized spacial score (nSPS) is 23.7. The summed E-state index contributed by atoms with van der Waals surface area (Å²) in [4.78, 5) is 0. The largest absolute Gasteiger partial charge is 0.497 e. The van der Waals surface area contributed by atoms with Crippen LogP contribution in [-0.4, -0.2) is 27.4 Å². The first-order chi connectivity index (χ1) is 8.28. The summed E-state index contributed by atoms with van der Waals surface area (Å²) >= 11 is 0. The van der Waals surface area contributed by atoms with Crippen molar-refractivity contribution in [2.24, 2.45) is 0 Å². The summed E-state index contributed by atoms with van der Waals surface area (Å²) in [5.41, 5.74) is 7.55. The lowest BCUT2D eigenvalue weighted by Gasteiger charge is -2.15. The summed E-state index contributed by atoms with van der Waals surface area (Å²) in [6, 6.07) is 6.07. The Morgan fingerprint density at radius 3 is 2.65 bits per heavy atom. The molecule has 1 aromatic rings. The molecule has 3 N–H and O–H groups in total. The Labute approximate surface area is 101 Å². The van der Waals surface area contributed by atoms with Crippen molar-refractivity contribution in [1.82, 2.24) is 16.2 Å². The molecule has 17 heavy (non-hydrogen) atoms. The smallest absolute Gasteiger partial charge is 0.123 e. The van der Waals surface area contributed by atoms with Crippen LogP contribution in [0, 0.1) is 0 Å². The van der Waals surface area contributed by atoms with Crippen LogP contribution in [0.1, 0.15) is 18.0 Å². The second-order valence-corrected chi connectivity index (χ2v) is 4.03. The van der Waals surface area contributed by atoms with Gasteiger partial charge in [-0.3, -0.25) is 0 Å². The molecule has 1 aliphatic heterocycles. The molecule has 0 aromatic heterocycles. The molecule has 0 aliphatic carbocycles. The van der Waals surface area contributed by atoms with Crippen molar-refractivity contribution in [3.63, 3.8) is 0 Å². The SMILES string of the molecule is CNC1CC(c2cc(OC)ccc2OC)NN1. The summed E-state index contributed by atoms with van der Waals surface area (Å²) in [7, 11) is 5.29. The van der Waals surface area contributed by atoms with Crippen molar-refractivity contribution in [2.75, 3.05) is 21.3 Å². The van der Waals surface area contributed by atoms with E-state index in [2.05, 4.69) is 16.2 Å². The highest BCUT2D eigenvalue weighted by atomic mass is 16.5. The summed E-state index contributed by atoms with van der Waals surface area (Å²) in [6.45, 7) is 0. The summed E-state index contributed by atoms with van der Waals surface area (Å²) in [5.74, 6) is 1.72. The van der Waals surface area contributed by atoms with E-state index in [1.165, 1.54) is 0 Å². The second kappa shape index (κ2) is 5.35. The first-order valence-corrected chi connectivity index (χ1v) is 5.68. The number of hydrogen-bond acceptors (Lipinski definition) is 5. The third-order valence-corrected chi connectivity index (χ3v) is 3.06. The molecule has 1 aromatic carbocycles. The molecule has 94 valence electrons. The molecule has 5 heteroatoms. The standard InChI is InChI=1S/C12H19N3O2/c1-13-12-7-10(14-15-12)9-6-8(16-2)4-5-11(9)17-3/h4-6,10,12-15H,7H2,1-3H3. The van der Waals surface area contributed by atoms with Gasteiger partial charge in [-0.25, -0.2) is 10.9 Å². The minimum absolute atomic E-state index is 0.220. The fourth-order valence-corrected chi connectivity index (χ4v) is 2.06. The highest BCUT2D eigenvalue weighted by Gasteiger charge is 2.26. The Hall–Kier alpha value is -1.30. The molecule has 1 heterocycles. The van der Waals surface area contributed by atoms with Crippen LogP contribution < -0.4 is 25.6 Å². The molecular formula is C12H19N3O2. The van der Waals surface area contributed by atoms with Crippen LogP contribution in [0.4, 0.5) is 0 Å². The van der Waals surface area contributed by atoms with E-state index in [9.17, 15) is 0 Å². The van der Waals surface area contributed by atoms with Gasteiger partial charge < -0.3 is 14.8 Å². The van der Waals surface area contributed by atoms with Crippen molar-refractivity contribution in [3.05, 3.63) is 23.8 Å². The van der Waals surface area contributed by atoms with Crippen LogP contribution in [0.3, 0.4) is 0 Å². The zero-order chi connectivity index (χ0) is 12.3. The van der Waals surface area contributed by atoms with Crippen LogP contribution in [0.2, 0.25) is 0 Å². The van der Waals surface area contributed by atoms with Crippen molar-refractivity contribution in [3.8, 4) is 11.5 Å². The number of rotatable bonds is 4. The first-order valence-electron chi connectivity index (χ1n) is 5.68. The number of nitrogens with one attached hydrogen (secondary N) is 3. The molecule has 0 bridgehead atoms. The van der Waals surface area contributed by atoms with Gasteiger partial charge in [-0.1, -0.05) is 0 Å². The van der Waals surface area contributed by atoms with Crippen LogP contribution in [0.5, 0.6) is 11.5 Å². The van der Waals surface area contributed by atoms with Gasteiger partial charge >= 0.3 is 0 Å². The molecule has 1 fully saturated rings. The van der Waals surface area contributed by atoms with E-state index in [1.54, 1.807) is 14.2 Å². The quantitative estimate of drug-likeness (QED) is 0.723. The van der Waals surface area contributed by atoms with Gasteiger partial charge in [0, 0.05) is 5.56 Å². The Balaban J connectivity index is 2.24. The van der Waals surface area contributed by atoms with Gasteiger partial charge in [0.25, 0.3) is 0 Å². The van der Waals surface area contributed by atoms with Crippen molar-refractivity contribution in [1.29, 1.82) is 0 Å². The third kappa shape index (κ3) is 2.52. The zero-order valence-corrected chi connectivity index (χ0v) is 10.4. The van der Waals surface area contributed by atoms with E-state index >= 15 is 0 Å². The Kier molecular flexibility index (Phi) is 3.83. The second-order valence-electron chi connectivity index (χ2n) is 4.03. The Morgan fingerprint density at radius 2 is 2.06 bits per heavy atom. The minimum Gasteiger partial charge on any atom is -0.497 e. The van der Waals surface area contributed by atoms with E-state index in [0.717, 1.165) is 23.5 Å². The molecule has 0 radical (unpaired) electrons. The Bertz CT molecular complexity index is 384. The lowest BCUT2D eigenvalue weighted by atomic mass is 10.0. The van der Waals surface area contributed by atoms with Gasteiger partial charge in [0.2, 0.25) is 0 Å². The van der Waals surface area contributed by atoms with E-state index in [4.69, 9.17) is 9.47 Å². The molecule has 5 nitrogen and oxygen atoms in total. The molecule has 0 amide bonds. The maximum absolute atomic E-state index is 5.38. The maximum atomic E-state index is 5.38. The fourth-order valence-electron chi connectivity index (χ4n) is 2.06. The van der Waals surface area contributed by atoms with Crippen LogP contribution in [0.15, 0.2) is 18.2 Å². The average Bonchev–Trinajstić information content (AvgIpc) is 2.86. The molecule has 1 aliphatic rings. The predicted octanol–water partition coefficient (Wildman–Crippen LogP) is 0.788. The van der Waals surface area contributed by atoms with Crippen molar-refractivity contribution in [2.45, 2.75) is 18.6 Å². The zero-order valence-electron chi connectivity index (χ0n) is 10.4. The van der Waals surface area contributed by atoms with Gasteiger partial charge in [-0.05, 0) is 31.7 Å². The van der Waals surface area contributed by atoms with Gasteiger partial charge in [-0.15, -0.1) is 0 Å². The predicted molar refractivity (Wildman–Crippen MR) is 66.0 cm³/mol. The lowest BCUT2D eigenvalue weighted by Crippen LogP contribution is -2.38. The molecule has 0 spiro atoms. The number of hydrogen-bond donors (Lipinski definition) is 3. The highest BCUT2D eigenvalue weighted by Crippen LogP contribution is 2.32. The number of methoxy groups -OCH3 is 2. The summed E-state index contributed by atoms with van der Waals surface area (Å²) in [5, 5.41) is 3.18. The maximum Gasteiger partial charge on any atom is 0.123 e. The molecule has 2 atom stereocenters. The van der Waals surface area contributed by atoms with E-state index in [-0.39, 0.29) is 12.2 Å². The molecule has 1 saturated heterocycles. The highest BCUT2D eigenvalue weighted by molar-refractivity contribution is 5.42. The van der Waals surface area contributed by atoms with Crippen LogP contribution in [-0.2, 0) is 0 Å². The first kappa shape index (κ1) is 12.2. The molecule has 2 rings (SSSR count). The summed E-state index contributed by atoms with van der Waals surface area (Å²) in [6.07, 6.45) is 1.23. The number of benzene rings is 1. The van der Waals surface area contributed by atoms with Crippen LogP contribution in [0.25, 0.3) is 0 Å². The third-order valence-electron chi connectivity index (χ3n) is 3.06. The molecule has 2 unspecified atom stereocenters. The molecule has 0 saturated carbocycles. The van der Waals surface area contributed by atoms with Crippen LogP contribution >= 0.6 is 0 Å². The fraction of sp³-hybridized carbons (Fsp3) is 0.500. The monoisotopic (exact) mass is 237 g/mol. The van der Waals surface area contributed by atoms with Gasteiger partial charge in [0.15, 0.2) is 0 Å². The molecular weight excluding hydrogens is 218 g/mol. The lowest BCUT2D eigenvalue weighted by molar-refractivity contribution is 0.392. The van der Waals surface area contributed by atoms with E-state index in [0.29, 0.717) is 0 Å². The number of hydrazine groups is 1. The van der Waals surface area contributed by atoms with Gasteiger partial charge in [-0.2, -0.15) is 0 Å². The van der Waals surface area contributed by atoms with Gasteiger partial charge in [0.1, 0.15) is 11.5 Å². The topological polar surface area (TPSA) is 54.5 Å². The summed E-state index contributed by atoms with van der Waals surface area (Å²) < 4.78 is 10.6. The van der Waals surface area contributed by atoms with E-state index in [1.807, 2.05) is 25.2 Å². The van der Waals surface area contributed by atoms with E-state index < -0.39 is 0 Å². The Morgan fingerprint density at radius 1 is 1.24 bits per heavy atom. The van der Waals surface area contributed by atoms with Crippen molar-refractivity contribution >= 4 is 0 Å². The van der Waals surface area contributed by atoms with Crippen molar-refractivity contribution < 1.29 is 9.47 Å². The average molecular weight is 237 g/mol. The minimum atomic E-state index is 0.220. The number of ether oxygens (including phenoxy) is 2.